The molecule has 0 unspecified atom stereocenters. The first-order valence-electron chi connectivity index (χ1n) is 6.84. The number of alkyl halides is 3. The summed E-state index contributed by atoms with van der Waals surface area (Å²) >= 11 is 0. The van der Waals surface area contributed by atoms with Crippen molar-refractivity contribution in [1.29, 1.82) is 0 Å². The van der Waals surface area contributed by atoms with E-state index >= 15 is 0 Å². The van der Waals surface area contributed by atoms with E-state index in [9.17, 15) is 23.3 Å². The molecule has 1 N–H and O–H groups in total. The zero-order chi connectivity index (χ0) is 18.0. The standard InChI is InChI=1S/C15H9F3N4O3/c16-15(17,18)10-3-1-9(2-4-10)12-8-20-14(25-12)21-11-5-6-13(19-7-11)22(23)24/h1-8H,(H,20,21). The molecule has 0 aliphatic rings. The van der Waals surface area contributed by atoms with Crippen LogP contribution in [0.2, 0.25) is 0 Å². The van der Waals surface area contributed by atoms with E-state index in [0.717, 1.165) is 12.1 Å². The van der Waals surface area contributed by atoms with Gasteiger partial charge in [0, 0.05) is 11.6 Å². The van der Waals surface area contributed by atoms with Crippen molar-refractivity contribution in [3.05, 3.63) is 64.5 Å². The highest BCUT2D eigenvalue weighted by molar-refractivity contribution is 5.60. The lowest BCUT2D eigenvalue weighted by Gasteiger charge is -2.06. The van der Waals surface area contributed by atoms with Crippen LogP contribution in [0.4, 0.5) is 30.7 Å². The van der Waals surface area contributed by atoms with Crippen molar-refractivity contribution in [1.82, 2.24) is 9.97 Å². The lowest BCUT2D eigenvalue weighted by molar-refractivity contribution is -0.389. The maximum Gasteiger partial charge on any atom is 0.416 e. The first kappa shape index (κ1) is 16.4. The molecule has 0 saturated heterocycles. The van der Waals surface area contributed by atoms with E-state index < -0.39 is 16.7 Å². The minimum atomic E-state index is -4.41. The fourth-order valence-electron chi connectivity index (χ4n) is 1.98. The van der Waals surface area contributed by atoms with Gasteiger partial charge in [0.1, 0.15) is 0 Å². The molecule has 10 heteroatoms. The van der Waals surface area contributed by atoms with E-state index in [1.54, 1.807) is 0 Å². The van der Waals surface area contributed by atoms with Crippen molar-refractivity contribution in [3.8, 4) is 11.3 Å². The zero-order valence-electron chi connectivity index (χ0n) is 12.3. The molecule has 25 heavy (non-hydrogen) atoms. The van der Waals surface area contributed by atoms with Gasteiger partial charge in [0.05, 0.1) is 17.4 Å². The number of nitrogens with zero attached hydrogens (tertiary/aromatic N) is 3. The van der Waals surface area contributed by atoms with Gasteiger partial charge in [-0.1, -0.05) is 12.1 Å². The number of nitro groups is 1. The molecule has 0 bridgehead atoms. The van der Waals surface area contributed by atoms with Gasteiger partial charge in [-0.05, 0) is 28.1 Å². The Bertz CT molecular complexity index is 890. The summed E-state index contributed by atoms with van der Waals surface area (Å²) in [6, 6.07) is 7.16. The van der Waals surface area contributed by atoms with Crippen LogP contribution in [0.5, 0.6) is 0 Å². The molecule has 0 aliphatic heterocycles. The summed E-state index contributed by atoms with van der Waals surface area (Å²) in [4.78, 5) is 17.5. The number of halogens is 3. The molecule has 0 fully saturated rings. The number of nitrogens with one attached hydrogen (secondary N) is 1. The van der Waals surface area contributed by atoms with Crippen LogP contribution in [-0.4, -0.2) is 14.9 Å². The first-order chi connectivity index (χ1) is 11.8. The van der Waals surface area contributed by atoms with Gasteiger partial charge in [-0.2, -0.15) is 13.2 Å². The maximum atomic E-state index is 12.6. The predicted molar refractivity (Wildman–Crippen MR) is 81.1 cm³/mol. The van der Waals surface area contributed by atoms with Crippen LogP contribution >= 0.6 is 0 Å². The SMILES string of the molecule is O=[N+]([O-])c1ccc(Nc2ncc(-c3ccc(C(F)(F)F)cc3)o2)cn1. The van der Waals surface area contributed by atoms with Gasteiger partial charge in [0.25, 0.3) is 6.01 Å². The number of oxazole rings is 1. The second-order valence-electron chi connectivity index (χ2n) is 4.89. The van der Waals surface area contributed by atoms with E-state index in [1.165, 1.54) is 36.7 Å². The monoisotopic (exact) mass is 350 g/mol. The summed E-state index contributed by atoms with van der Waals surface area (Å²) in [5, 5.41) is 13.3. The van der Waals surface area contributed by atoms with Gasteiger partial charge < -0.3 is 19.8 Å². The Morgan fingerprint density at radius 2 is 1.76 bits per heavy atom. The first-order valence-corrected chi connectivity index (χ1v) is 6.84. The predicted octanol–water partition coefficient (Wildman–Crippen LogP) is 4.41. The van der Waals surface area contributed by atoms with Crippen LogP contribution in [0, 0.1) is 10.1 Å². The number of pyridine rings is 1. The Labute approximate surface area is 138 Å². The molecule has 7 nitrogen and oxygen atoms in total. The Morgan fingerprint density at radius 3 is 2.32 bits per heavy atom. The van der Waals surface area contributed by atoms with Gasteiger partial charge in [-0.3, -0.25) is 0 Å². The van der Waals surface area contributed by atoms with Crippen LogP contribution in [-0.2, 0) is 6.18 Å². The molecular formula is C15H9F3N4O3. The molecule has 3 rings (SSSR count). The number of benzene rings is 1. The molecule has 0 spiro atoms. The van der Waals surface area contributed by atoms with Crippen molar-refractivity contribution >= 4 is 17.5 Å². The molecule has 2 heterocycles. The van der Waals surface area contributed by atoms with E-state index in [0.29, 0.717) is 11.3 Å². The van der Waals surface area contributed by atoms with Crippen molar-refractivity contribution in [2.24, 2.45) is 0 Å². The topological polar surface area (TPSA) is 94.1 Å². The maximum absolute atomic E-state index is 12.6. The molecule has 3 aromatic rings. The molecule has 0 amide bonds. The summed E-state index contributed by atoms with van der Waals surface area (Å²) in [7, 11) is 0. The number of hydrogen-bond acceptors (Lipinski definition) is 6. The second kappa shape index (κ2) is 6.23. The second-order valence-corrected chi connectivity index (χ2v) is 4.89. The molecule has 0 aliphatic carbocycles. The minimum Gasteiger partial charge on any atom is -0.423 e. The van der Waals surface area contributed by atoms with Crippen LogP contribution in [0.3, 0.4) is 0 Å². The normalized spacial score (nSPS) is 11.3. The quantitative estimate of drug-likeness (QED) is 0.553. The summed E-state index contributed by atoms with van der Waals surface area (Å²) in [6.45, 7) is 0. The minimum absolute atomic E-state index is 0.0746. The third-order valence-corrected chi connectivity index (χ3v) is 3.19. The van der Waals surface area contributed by atoms with E-state index in [-0.39, 0.29) is 17.6 Å². The number of aromatic nitrogens is 2. The van der Waals surface area contributed by atoms with Gasteiger partial charge in [-0.25, -0.2) is 4.98 Å². The van der Waals surface area contributed by atoms with Crippen LogP contribution < -0.4 is 5.32 Å². The number of rotatable bonds is 4. The molecule has 128 valence electrons. The van der Waals surface area contributed by atoms with Crippen molar-refractivity contribution in [3.63, 3.8) is 0 Å². The summed E-state index contributed by atoms with van der Waals surface area (Å²) in [6.07, 6.45) is -1.82. The molecule has 0 atom stereocenters. The molecule has 1 aromatic carbocycles. The largest absolute Gasteiger partial charge is 0.423 e. The summed E-state index contributed by atoms with van der Waals surface area (Å²) < 4.78 is 43.1. The zero-order valence-corrected chi connectivity index (χ0v) is 12.3. The van der Waals surface area contributed by atoms with Gasteiger partial charge in [0.2, 0.25) is 0 Å². The lowest BCUT2D eigenvalue weighted by atomic mass is 10.1. The molecule has 2 aromatic heterocycles. The van der Waals surface area contributed by atoms with Gasteiger partial charge in [-0.15, -0.1) is 0 Å². The van der Waals surface area contributed by atoms with Gasteiger partial charge in [0.15, 0.2) is 12.0 Å². The third-order valence-electron chi connectivity index (χ3n) is 3.19. The Hall–Kier alpha value is -3.43. The average Bonchev–Trinajstić information content (AvgIpc) is 3.03. The van der Waals surface area contributed by atoms with Crippen molar-refractivity contribution < 1.29 is 22.5 Å². The summed E-state index contributed by atoms with van der Waals surface area (Å²) in [5.41, 5.74) is 0.0767. The van der Waals surface area contributed by atoms with E-state index in [2.05, 4.69) is 15.3 Å². The fraction of sp³-hybridized carbons (Fsp3) is 0.0667. The lowest BCUT2D eigenvalue weighted by Crippen LogP contribution is -2.03. The van der Waals surface area contributed by atoms with E-state index in [4.69, 9.17) is 4.42 Å². The Balaban J connectivity index is 1.75. The molecule has 0 radical (unpaired) electrons. The number of anilines is 2. The number of hydrogen-bond donors (Lipinski definition) is 1. The van der Waals surface area contributed by atoms with E-state index in [1.807, 2.05) is 0 Å². The van der Waals surface area contributed by atoms with Crippen molar-refractivity contribution in [2.45, 2.75) is 6.18 Å². The smallest absolute Gasteiger partial charge is 0.416 e. The molecule has 0 saturated carbocycles. The van der Waals surface area contributed by atoms with Crippen molar-refractivity contribution in [2.75, 3.05) is 5.32 Å². The van der Waals surface area contributed by atoms with Gasteiger partial charge >= 0.3 is 12.0 Å². The average molecular weight is 350 g/mol. The Kier molecular flexibility index (Phi) is 4.09. The fourth-order valence-corrected chi connectivity index (χ4v) is 1.98. The highest BCUT2D eigenvalue weighted by Crippen LogP contribution is 2.31. The highest BCUT2D eigenvalue weighted by Gasteiger charge is 2.30. The highest BCUT2D eigenvalue weighted by atomic mass is 19.4. The van der Waals surface area contributed by atoms with Crippen LogP contribution in [0.15, 0.2) is 53.2 Å². The van der Waals surface area contributed by atoms with Crippen LogP contribution in [0.1, 0.15) is 5.56 Å². The van der Waals surface area contributed by atoms with Crippen LogP contribution in [0.25, 0.3) is 11.3 Å². The Morgan fingerprint density at radius 1 is 1.04 bits per heavy atom. The molecular weight excluding hydrogens is 341 g/mol. The summed E-state index contributed by atoms with van der Waals surface area (Å²) in [5.74, 6) is -0.0329. The third kappa shape index (κ3) is 3.74.